The quantitative estimate of drug-likeness (QED) is 0.686. The monoisotopic (exact) mass is 443 g/mol. The molecule has 1 aliphatic rings. The first-order chi connectivity index (χ1) is 13.2. The number of thiophene rings is 1. The van der Waals surface area contributed by atoms with Crippen molar-refractivity contribution in [1.82, 2.24) is 4.31 Å². The SMILES string of the molecule is CN(C)S(=O)(=O)c1csc(S(=O)(=O)N(C)c2ccccc2N2CCCCC2)c1. The fourth-order valence-electron chi connectivity index (χ4n) is 3.18. The molecule has 7 nitrogen and oxygen atoms in total. The highest BCUT2D eigenvalue weighted by atomic mass is 32.2. The summed E-state index contributed by atoms with van der Waals surface area (Å²) in [5.74, 6) is 0. The van der Waals surface area contributed by atoms with Crippen LogP contribution < -0.4 is 9.21 Å². The van der Waals surface area contributed by atoms with Crippen LogP contribution in [-0.4, -0.2) is 55.4 Å². The van der Waals surface area contributed by atoms with E-state index in [0.717, 1.165) is 47.3 Å². The highest BCUT2D eigenvalue weighted by molar-refractivity contribution is 7.95. The van der Waals surface area contributed by atoms with Gasteiger partial charge in [0.15, 0.2) is 0 Å². The van der Waals surface area contributed by atoms with E-state index in [0.29, 0.717) is 5.69 Å². The molecule has 0 bridgehead atoms. The molecule has 154 valence electrons. The zero-order valence-electron chi connectivity index (χ0n) is 16.2. The van der Waals surface area contributed by atoms with Gasteiger partial charge in [-0.3, -0.25) is 4.31 Å². The van der Waals surface area contributed by atoms with Crippen LogP contribution in [0.25, 0.3) is 0 Å². The van der Waals surface area contributed by atoms with E-state index in [9.17, 15) is 16.8 Å². The van der Waals surface area contributed by atoms with Crippen molar-refractivity contribution in [2.45, 2.75) is 28.4 Å². The van der Waals surface area contributed by atoms with Crippen molar-refractivity contribution < 1.29 is 16.8 Å². The van der Waals surface area contributed by atoms with Crippen LogP contribution >= 0.6 is 11.3 Å². The van der Waals surface area contributed by atoms with Gasteiger partial charge >= 0.3 is 0 Å². The molecule has 0 N–H and O–H groups in total. The number of nitrogens with zero attached hydrogens (tertiary/aromatic N) is 3. The average Bonchev–Trinajstić information content (AvgIpc) is 3.20. The van der Waals surface area contributed by atoms with E-state index in [-0.39, 0.29) is 9.10 Å². The van der Waals surface area contributed by atoms with E-state index in [1.807, 2.05) is 18.2 Å². The van der Waals surface area contributed by atoms with E-state index in [2.05, 4.69) is 4.90 Å². The lowest BCUT2D eigenvalue weighted by molar-refractivity contribution is 0.521. The van der Waals surface area contributed by atoms with Crippen molar-refractivity contribution in [2.75, 3.05) is 43.4 Å². The van der Waals surface area contributed by atoms with Gasteiger partial charge < -0.3 is 4.90 Å². The molecule has 2 heterocycles. The summed E-state index contributed by atoms with van der Waals surface area (Å²) in [4.78, 5) is 2.19. The number of benzene rings is 1. The molecule has 0 unspecified atom stereocenters. The van der Waals surface area contributed by atoms with Crippen LogP contribution in [0, 0.1) is 0 Å². The smallest absolute Gasteiger partial charge is 0.273 e. The Balaban J connectivity index is 1.97. The number of para-hydroxylation sites is 2. The molecule has 3 rings (SSSR count). The second-order valence-electron chi connectivity index (χ2n) is 6.90. The molecule has 0 radical (unpaired) electrons. The molecule has 0 spiro atoms. The summed E-state index contributed by atoms with van der Waals surface area (Å²) in [6, 6.07) is 8.66. The number of anilines is 2. The summed E-state index contributed by atoms with van der Waals surface area (Å²) in [5.41, 5.74) is 1.47. The molecular formula is C18H25N3O4S3. The van der Waals surface area contributed by atoms with Crippen molar-refractivity contribution in [2.24, 2.45) is 0 Å². The molecule has 0 saturated carbocycles. The maximum atomic E-state index is 13.2. The number of rotatable bonds is 6. The Labute approximate surface area is 171 Å². The Morgan fingerprint density at radius 2 is 1.57 bits per heavy atom. The highest BCUT2D eigenvalue weighted by Gasteiger charge is 2.29. The summed E-state index contributed by atoms with van der Waals surface area (Å²) < 4.78 is 53.3. The molecule has 1 aromatic carbocycles. The third-order valence-corrected chi connectivity index (χ3v) is 9.99. The maximum Gasteiger partial charge on any atom is 0.273 e. The van der Waals surface area contributed by atoms with Crippen LogP contribution in [0.1, 0.15) is 19.3 Å². The molecule has 1 aliphatic heterocycles. The molecule has 2 aromatic rings. The highest BCUT2D eigenvalue weighted by Crippen LogP contribution is 2.35. The van der Waals surface area contributed by atoms with Crippen molar-refractivity contribution in [3.63, 3.8) is 0 Å². The van der Waals surface area contributed by atoms with Crippen molar-refractivity contribution in [3.05, 3.63) is 35.7 Å². The molecule has 0 aliphatic carbocycles. The predicted molar refractivity (Wildman–Crippen MR) is 113 cm³/mol. The largest absolute Gasteiger partial charge is 0.370 e. The molecular weight excluding hydrogens is 418 g/mol. The Morgan fingerprint density at radius 3 is 2.21 bits per heavy atom. The van der Waals surface area contributed by atoms with Gasteiger partial charge in [-0.05, 0) is 37.5 Å². The topological polar surface area (TPSA) is 78.0 Å². The summed E-state index contributed by atoms with van der Waals surface area (Å²) in [6.07, 6.45) is 3.36. The molecule has 0 amide bonds. The second-order valence-corrected chi connectivity index (χ2v) is 12.2. The predicted octanol–water partition coefficient (Wildman–Crippen LogP) is 2.81. The van der Waals surface area contributed by atoms with E-state index in [1.54, 1.807) is 6.07 Å². The number of hydrogen-bond donors (Lipinski definition) is 0. The Hall–Kier alpha value is -1.62. The minimum absolute atomic E-state index is 0.00359. The van der Waals surface area contributed by atoms with Crippen LogP contribution in [0.2, 0.25) is 0 Å². The Morgan fingerprint density at radius 1 is 0.929 bits per heavy atom. The lowest BCUT2D eigenvalue weighted by atomic mass is 10.1. The fraction of sp³-hybridized carbons (Fsp3) is 0.444. The Bertz CT molecular complexity index is 1040. The van der Waals surface area contributed by atoms with Crippen LogP contribution in [0.5, 0.6) is 0 Å². The van der Waals surface area contributed by atoms with Crippen molar-refractivity contribution in [3.8, 4) is 0 Å². The first-order valence-corrected chi connectivity index (χ1v) is 12.8. The third-order valence-electron chi connectivity index (χ3n) is 4.86. The zero-order chi connectivity index (χ0) is 20.5. The van der Waals surface area contributed by atoms with Gasteiger partial charge in [-0.1, -0.05) is 12.1 Å². The van der Waals surface area contributed by atoms with Crippen LogP contribution in [0.3, 0.4) is 0 Å². The van der Waals surface area contributed by atoms with Gasteiger partial charge in [0.05, 0.1) is 16.3 Å². The van der Waals surface area contributed by atoms with Crippen molar-refractivity contribution in [1.29, 1.82) is 0 Å². The molecule has 1 aromatic heterocycles. The van der Waals surface area contributed by atoms with Gasteiger partial charge in [-0.15, -0.1) is 11.3 Å². The number of hydrogen-bond acceptors (Lipinski definition) is 6. The molecule has 10 heteroatoms. The average molecular weight is 444 g/mol. The molecule has 0 atom stereocenters. The van der Waals surface area contributed by atoms with E-state index < -0.39 is 20.0 Å². The normalized spacial score (nSPS) is 15.8. The van der Waals surface area contributed by atoms with Gasteiger partial charge in [0, 0.05) is 39.6 Å². The maximum absolute atomic E-state index is 13.2. The minimum atomic E-state index is -3.88. The molecule has 28 heavy (non-hydrogen) atoms. The summed E-state index contributed by atoms with van der Waals surface area (Å²) in [7, 11) is -3.21. The van der Waals surface area contributed by atoms with Crippen LogP contribution in [-0.2, 0) is 20.0 Å². The summed E-state index contributed by atoms with van der Waals surface area (Å²) in [5, 5.41) is 1.37. The van der Waals surface area contributed by atoms with E-state index >= 15 is 0 Å². The van der Waals surface area contributed by atoms with Gasteiger partial charge in [-0.25, -0.2) is 21.1 Å². The summed E-state index contributed by atoms with van der Waals surface area (Å²) >= 11 is 0.916. The van der Waals surface area contributed by atoms with Crippen LogP contribution in [0.4, 0.5) is 11.4 Å². The molecule has 1 fully saturated rings. The number of piperidine rings is 1. The van der Waals surface area contributed by atoms with Gasteiger partial charge in [-0.2, -0.15) is 0 Å². The van der Waals surface area contributed by atoms with E-state index in [4.69, 9.17) is 0 Å². The Kier molecular flexibility index (Phi) is 6.04. The van der Waals surface area contributed by atoms with Crippen molar-refractivity contribution >= 4 is 42.8 Å². The number of sulfonamides is 2. The molecule has 1 saturated heterocycles. The summed E-state index contributed by atoms with van der Waals surface area (Å²) in [6.45, 7) is 1.80. The fourth-order valence-corrected chi connectivity index (χ4v) is 7.07. The third kappa shape index (κ3) is 3.91. The van der Waals surface area contributed by atoms with Gasteiger partial charge in [0.2, 0.25) is 10.0 Å². The van der Waals surface area contributed by atoms with E-state index in [1.165, 1.54) is 43.3 Å². The zero-order valence-corrected chi connectivity index (χ0v) is 18.6. The second kappa shape index (κ2) is 8.02. The van der Waals surface area contributed by atoms with Crippen LogP contribution in [0.15, 0.2) is 44.8 Å². The van der Waals surface area contributed by atoms with Gasteiger partial charge in [0.25, 0.3) is 10.0 Å². The lowest BCUT2D eigenvalue weighted by Crippen LogP contribution is -2.33. The van der Waals surface area contributed by atoms with Gasteiger partial charge in [0.1, 0.15) is 4.21 Å². The first-order valence-electron chi connectivity index (χ1n) is 8.99. The lowest BCUT2D eigenvalue weighted by Gasteiger charge is -2.32. The minimum Gasteiger partial charge on any atom is -0.370 e. The first kappa shape index (κ1) is 21.1. The standard InChI is InChI=1S/C18H25N3O4S3/c1-19(2)27(22,23)15-13-18(26-14-15)28(24,25)20(3)16-9-5-6-10-17(16)21-11-7-4-8-12-21/h5-6,9-10,13-14H,4,7-8,11-12H2,1-3H3.